The molecule has 1 amide bonds. The third-order valence-electron chi connectivity index (χ3n) is 5.76. The van der Waals surface area contributed by atoms with Crippen LogP contribution < -0.4 is 4.90 Å². The maximum atomic E-state index is 12.7. The molecule has 4 rings (SSSR count). The highest BCUT2D eigenvalue weighted by Gasteiger charge is 2.27. The van der Waals surface area contributed by atoms with E-state index in [4.69, 9.17) is 4.74 Å². The third kappa shape index (κ3) is 4.12. The Kier molecular flexibility index (Phi) is 5.36. The van der Waals surface area contributed by atoms with Crippen molar-refractivity contribution in [1.29, 1.82) is 0 Å². The van der Waals surface area contributed by atoms with Crippen molar-refractivity contribution in [3.8, 4) is 0 Å². The van der Waals surface area contributed by atoms with Crippen LogP contribution in [0, 0.1) is 5.92 Å². The lowest BCUT2D eigenvalue weighted by Gasteiger charge is -2.35. The Labute approximate surface area is 161 Å². The van der Waals surface area contributed by atoms with Crippen LogP contribution in [0.3, 0.4) is 0 Å². The molecule has 1 saturated carbocycles. The predicted octanol–water partition coefficient (Wildman–Crippen LogP) is 2.19. The molecule has 1 saturated heterocycles. The number of nitrogens with zero attached hydrogens (tertiary/aromatic N) is 4. The van der Waals surface area contributed by atoms with Gasteiger partial charge < -0.3 is 18.9 Å². The maximum Gasteiger partial charge on any atom is 0.255 e. The summed E-state index contributed by atoms with van der Waals surface area (Å²) in [6, 6.07) is 8.26. The summed E-state index contributed by atoms with van der Waals surface area (Å²) in [5.41, 5.74) is 1.84. The highest BCUT2D eigenvalue weighted by Crippen LogP contribution is 2.30. The summed E-state index contributed by atoms with van der Waals surface area (Å²) in [7, 11) is 3.47. The van der Waals surface area contributed by atoms with E-state index >= 15 is 0 Å². The number of likely N-dealkylation sites (N-methyl/N-ethyl adjacent to an activating group) is 1. The zero-order chi connectivity index (χ0) is 18.8. The molecular weight excluding hydrogens is 340 g/mol. The highest BCUT2D eigenvalue weighted by atomic mass is 16.5. The summed E-state index contributed by atoms with van der Waals surface area (Å²) in [5.74, 6) is 2.17. The van der Waals surface area contributed by atoms with Gasteiger partial charge in [0.05, 0.1) is 12.2 Å². The normalized spacial score (nSPS) is 18.2. The maximum absolute atomic E-state index is 12.7. The van der Waals surface area contributed by atoms with Gasteiger partial charge in [-0.05, 0) is 43.0 Å². The van der Waals surface area contributed by atoms with Crippen LogP contribution in [0.15, 0.2) is 30.5 Å². The summed E-state index contributed by atoms with van der Waals surface area (Å²) in [5, 5.41) is 0. The van der Waals surface area contributed by atoms with Crippen molar-refractivity contribution in [3.05, 3.63) is 36.0 Å². The summed E-state index contributed by atoms with van der Waals surface area (Å²) < 4.78 is 7.24. The Bertz CT molecular complexity index is 791. The summed E-state index contributed by atoms with van der Waals surface area (Å²) >= 11 is 0. The molecule has 0 bridgehead atoms. The number of pyridine rings is 1. The molecule has 146 valence electrons. The van der Waals surface area contributed by atoms with Gasteiger partial charge in [-0.2, -0.15) is 0 Å². The first kappa shape index (κ1) is 18.3. The van der Waals surface area contributed by atoms with Gasteiger partial charge in [0.1, 0.15) is 5.82 Å². The Balaban J connectivity index is 1.48. The number of hydrogen-bond acceptors (Lipinski definition) is 4. The van der Waals surface area contributed by atoms with E-state index in [1.165, 1.54) is 25.2 Å². The second-order valence-corrected chi connectivity index (χ2v) is 7.85. The molecule has 6 heteroatoms. The number of hydrogen-bond donors (Lipinski definition) is 0. The van der Waals surface area contributed by atoms with Crippen LogP contribution in [-0.2, 0) is 4.74 Å². The Morgan fingerprint density at radius 1 is 1.15 bits per heavy atom. The average molecular weight is 370 g/mol. The number of piperazine rings is 1. The van der Waals surface area contributed by atoms with Gasteiger partial charge in [-0.25, -0.2) is 0 Å². The van der Waals surface area contributed by atoms with Gasteiger partial charge in [0.25, 0.3) is 5.91 Å². The summed E-state index contributed by atoms with van der Waals surface area (Å²) in [6.07, 6.45) is 4.81. The number of anilines is 1. The van der Waals surface area contributed by atoms with Crippen LogP contribution in [0.5, 0.6) is 0 Å². The molecule has 0 unspecified atom stereocenters. The number of ether oxygens (including phenoxy) is 1. The van der Waals surface area contributed by atoms with Crippen LogP contribution in [0.25, 0.3) is 5.52 Å². The first-order valence-corrected chi connectivity index (χ1v) is 9.98. The molecule has 0 spiro atoms. The molecule has 0 radical (unpaired) electrons. The monoisotopic (exact) mass is 370 g/mol. The predicted molar refractivity (Wildman–Crippen MR) is 108 cm³/mol. The lowest BCUT2D eigenvalue weighted by Crippen LogP contribution is -2.47. The van der Waals surface area contributed by atoms with Gasteiger partial charge in [-0.3, -0.25) is 9.69 Å². The van der Waals surface area contributed by atoms with Crippen molar-refractivity contribution in [2.24, 2.45) is 5.92 Å². The van der Waals surface area contributed by atoms with Crippen molar-refractivity contribution in [2.45, 2.75) is 12.8 Å². The fraction of sp³-hybridized carbons (Fsp3) is 0.571. The Hall–Kier alpha value is -2.05. The van der Waals surface area contributed by atoms with Gasteiger partial charge in [0, 0.05) is 65.1 Å². The molecule has 27 heavy (non-hydrogen) atoms. The molecule has 0 N–H and O–H groups in total. The highest BCUT2D eigenvalue weighted by molar-refractivity contribution is 5.94. The standard InChI is InChI=1S/C21H30N4O2/c1-22(13-14-27-2)21(26)18-5-6-19-7-8-20(25(19)16-18)24-11-9-23(10-12-24)15-17-3-4-17/h5-8,16-17H,3-4,9-15H2,1-2H3. The first-order valence-electron chi connectivity index (χ1n) is 9.98. The molecule has 0 atom stereocenters. The van der Waals surface area contributed by atoms with E-state index in [-0.39, 0.29) is 5.91 Å². The molecule has 6 nitrogen and oxygen atoms in total. The van der Waals surface area contributed by atoms with Crippen molar-refractivity contribution in [1.82, 2.24) is 14.2 Å². The van der Waals surface area contributed by atoms with Crippen LogP contribution in [0.2, 0.25) is 0 Å². The molecule has 2 fully saturated rings. The van der Waals surface area contributed by atoms with E-state index in [0.717, 1.165) is 37.6 Å². The lowest BCUT2D eigenvalue weighted by atomic mass is 10.2. The van der Waals surface area contributed by atoms with Gasteiger partial charge >= 0.3 is 0 Å². The molecule has 0 aromatic carbocycles. The summed E-state index contributed by atoms with van der Waals surface area (Å²) in [4.78, 5) is 19.4. The fourth-order valence-electron chi connectivity index (χ4n) is 3.85. The quantitative estimate of drug-likeness (QED) is 0.749. The number of aromatic nitrogens is 1. The van der Waals surface area contributed by atoms with Gasteiger partial charge in [-0.15, -0.1) is 0 Å². The number of carbonyl (C=O) groups excluding carboxylic acids is 1. The van der Waals surface area contributed by atoms with Crippen LogP contribution >= 0.6 is 0 Å². The zero-order valence-corrected chi connectivity index (χ0v) is 16.4. The minimum Gasteiger partial charge on any atom is -0.383 e. The molecule has 2 aromatic heterocycles. The minimum absolute atomic E-state index is 0.0304. The molecule has 2 aliphatic rings. The van der Waals surface area contributed by atoms with Crippen molar-refractivity contribution in [3.63, 3.8) is 0 Å². The second kappa shape index (κ2) is 7.90. The number of fused-ring (bicyclic) bond motifs is 1. The topological polar surface area (TPSA) is 40.4 Å². The Morgan fingerprint density at radius 2 is 1.89 bits per heavy atom. The van der Waals surface area contributed by atoms with Gasteiger partial charge in [0.15, 0.2) is 0 Å². The fourth-order valence-corrected chi connectivity index (χ4v) is 3.85. The first-order chi connectivity index (χ1) is 13.2. The second-order valence-electron chi connectivity index (χ2n) is 7.85. The molecule has 1 aliphatic heterocycles. The number of carbonyl (C=O) groups is 1. The number of methoxy groups -OCH3 is 1. The zero-order valence-electron chi connectivity index (χ0n) is 16.4. The van der Waals surface area contributed by atoms with Crippen LogP contribution in [0.4, 0.5) is 5.82 Å². The van der Waals surface area contributed by atoms with E-state index in [0.29, 0.717) is 18.7 Å². The smallest absolute Gasteiger partial charge is 0.255 e. The van der Waals surface area contributed by atoms with E-state index in [9.17, 15) is 4.79 Å². The van der Waals surface area contributed by atoms with Gasteiger partial charge in [0.2, 0.25) is 0 Å². The average Bonchev–Trinajstić information content (AvgIpc) is 3.41. The molecular formula is C21H30N4O2. The van der Waals surface area contributed by atoms with Crippen molar-refractivity contribution < 1.29 is 9.53 Å². The molecule has 3 heterocycles. The number of amides is 1. The van der Waals surface area contributed by atoms with Crippen molar-refractivity contribution in [2.75, 3.05) is 64.9 Å². The SMILES string of the molecule is COCCN(C)C(=O)c1ccc2ccc(N3CCN(CC4CC4)CC3)n2c1. The van der Waals surface area contributed by atoms with E-state index < -0.39 is 0 Å². The van der Waals surface area contributed by atoms with E-state index in [1.54, 1.807) is 12.0 Å². The van der Waals surface area contributed by atoms with Crippen LogP contribution in [-0.4, -0.2) is 80.1 Å². The third-order valence-corrected chi connectivity index (χ3v) is 5.76. The largest absolute Gasteiger partial charge is 0.383 e. The minimum atomic E-state index is 0.0304. The van der Waals surface area contributed by atoms with Gasteiger partial charge in [-0.1, -0.05) is 0 Å². The van der Waals surface area contributed by atoms with E-state index in [1.807, 2.05) is 25.4 Å². The molecule has 1 aliphatic carbocycles. The van der Waals surface area contributed by atoms with Crippen molar-refractivity contribution >= 4 is 17.2 Å². The molecule has 2 aromatic rings. The Morgan fingerprint density at radius 3 is 2.59 bits per heavy atom. The van der Waals surface area contributed by atoms with Crippen LogP contribution in [0.1, 0.15) is 23.2 Å². The van der Waals surface area contributed by atoms with E-state index in [2.05, 4.69) is 26.3 Å². The summed E-state index contributed by atoms with van der Waals surface area (Å²) in [6.45, 7) is 6.76. The lowest BCUT2D eigenvalue weighted by molar-refractivity contribution is 0.0744. The number of rotatable bonds is 7.